The lowest BCUT2D eigenvalue weighted by molar-refractivity contribution is -0.140. The van der Waals surface area contributed by atoms with Gasteiger partial charge in [-0.2, -0.15) is 0 Å². The van der Waals surface area contributed by atoms with Gasteiger partial charge in [0.25, 0.3) is 0 Å². The minimum Gasteiger partial charge on any atom is -0.382 e. The Labute approximate surface area is 115 Å². The van der Waals surface area contributed by atoms with Crippen LogP contribution in [-0.2, 0) is 14.3 Å². The van der Waals surface area contributed by atoms with Crippen LogP contribution in [-0.4, -0.2) is 37.6 Å². The molecule has 0 aliphatic heterocycles. The van der Waals surface area contributed by atoms with E-state index in [1.165, 1.54) is 6.42 Å². The van der Waals surface area contributed by atoms with E-state index >= 15 is 0 Å². The predicted molar refractivity (Wildman–Crippen MR) is 73.7 cm³/mol. The number of carbonyl (C=O) groups excluding carboxylic acids is 2. The van der Waals surface area contributed by atoms with Crippen molar-refractivity contribution >= 4 is 11.8 Å². The highest BCUT2D eigenvalue weighted by molar-refractivity contribution is 6.35. The van der Waals surface area contributed by atoms with Crippen molar-refractivity contribution in [2.75, 3.05) is 19.8 Å². The Balaban J connectivity index is 2.19. The van der Waals surface area contributed by atoms with Crippen molar-refractivity contribution in [1.29, 1.82) is 0 Å². The standard InChI is InChI=1S/C14H26N2O3/c1-3-19-10-6-9-15-13(17)14(18)16-12-8-5-4-7-11(12)2/h11-12H,3-10H2,1-2H3,(H,15,17)(H,16,18)/t11-,12+/m1/s1. The van der Waals surface area contributed by atoms with E-state index in [2.05, 4.69) is 17.6 Å². The molecule has 0 saturated heterocycles. The first-order valence-electron chi connectivity index (χ1n) is 7.31. The first-order chi connectivity index (χ1) is 9.15. The molecule has 0 aromatic carbocycles. The van der Waals surface area contributed by atoms with Gasteiger partial charge in [0.2, 0.25) is 0 Å². The molecule has 1 aliphatic rings. The first kappa shape index (κ1) is 16.0. The number of ether oxygens (including phenoxy) is 1. The van der Waals surface area contributed by atoms with E-state index in [1.54, 1.807) is 0 Å². The summed E-state index contributed by atoms with van der Waals surface area (Å²) in [6.45, 7) is 5.82. The lowest BCUT2D eigenvalue weighted by Gasteiger charge is -2.29. The fourth-order valence-corrected chi connectivity index (χ4v) is 2.37. The molecule has 0 aromatic heterocycles. The van der Waals surface area contributed by atoms with E-state index in [0.29, 0.717) is 25.7 Å². The second-order valence-electron chi connectivity index (χ2n) is 5.15. The molecule has 110 valence electrons. The lowest BCUT2D eigenvalue weighted by Crippen LogP contribution is -2.47. The fourth-order valence-electron chi connectivity index (χ4n) is 2.37. The van der Waals surface area contributed by atoms with Crippen molar-refractivity contribution in [3.05, 3.63) is 0 Å². The van der Waals surface area contributed by atoms with Crippen LogP contribution in [0.4, 0.5) is 0 Å². The van der Waals surface area contributed by atoms with Gasteiger partial charge < -0.3 is 15.4 Å². The number of hydrogen-bond donors (Lipinski definition) is 2. The normalized spacial score (nSPS) is 22.8. The predicted octanol–water partition coefficient (Wildman–Crippen LogP) is 1.22. The third-order valence-corrected chi connectivity index (χ3v) is 3.59. The van der Waals surface area contributed by atoms with Crippen LogP contribution in [0.5, 0.6) is 0 Å². The molecule has 1 rings (SSSR count). The summed E-state index contributed by atoms with van der Waals surface area (Å²) in [4.78, 5) is 23.3. The summed E-state index contributed by atoms with van der Waals surface area (Å²) in [6, 6.07) is 0.149. The molecule has 19 heavy (non-hydrogen) atoms. The smallest absolute Gasteiger partial charge is 0.309 e. The van der Waals surface area contributed by atoms with Crippen LogP contribution in [0.25, 0.3) is 0 Å². The van der Waals surface area contributed by atoms with E-state index < -0.39 is 11.8 Å². The Morgan fingerprint density at radius 3 is 2.63 bits per heavy atom. The van der Waals surface area contributed by atoms with E-state index in [1.807, 2.05) is 6.92 Å². The van der Waals surface area contributed by atoms with E-state index in [4.69, 9.17) is 4.74 Å². The molecule has 0 radical (unpaired) electrons. The van der Waals surface area contributed by atoms with Crippen molar-refractivity contribution in [3.63, 3.8) is 0 Å². The van der Waals surface area contributed by atoms with Crippen LogP contribution in [0, 0.1) is 5.92 Å². The molecule has 5 nitrogen and oxygen atoms in total. The molecule has 1 aliphatic carbocycles. The molecule has 2 amide bonds. The summed E-state index contributed by atoms with van der Waals surface area (Å²) in [5.74, 6) is -0.576. The van der Waals surface area contributed by atoms with Crippen LogP contribution >= 0.6 is 0 Å². The number of nitrogens with one attached hydrogen (secondary N) is 2. The molecule has 5 heteroatoms. The Hall–Kier alpha value is -1.10. The van der Waals surface area contributed by atoms with Crippen LogP contribution < -0.4 is 10.6 Å². The number of amides is 2. The average Bonchev–Trinajstić information content (AvgIpc) is 2.41. The Morgan fingerprint density at radius 2 is 1.95 bits per heavy atom. The second-order valence-corrected chi connectivity index (χ2v) is 5.15. The van der Waals surface area contributed by atoms with Gasteiger partial charge in [0.05, 0.1) is 0 Å². The molecule has 0 heterocycles. The zero-order chi connectivity index (χ0) is 14.1. The SMILES string of the molecule is CCOCCCNC(=O)C(=O)N[C@H]1CCCC[C@H]1C. The highest BCUT2D eigenvalue weighted by Gasteiger charge is 2.25. The molecule has 2 N–H and O–H groups in total. The molecular weight excluding hydrogens is 244 g/mol. The van der Waals surface area contributed by atoms with Crippen LogP contribution in [0.2, 0.25) is 0 Å². The van der Waals surface area contributed by atoms with Crippen LogP contribution in [0.15, 0.2) is 0 Å². The maximum absolute atomic E-state index is 11.7. The van der Waals surface area contributed by atoms with Gasteiger partial charge in [0.1, 0.15) is 0 Å². The molecule has 1 saturated carbocycles. The third kappa shape index (κ3) is 6.05. The number of rotatable bonds is 6. The molecule has 0 unspecified atom stereocenters. The quantitative estimate of drug-likeness (QED) is 0.563. The molecule has 1 fully saturated rings. The largest absolute Gasteiger partial charge is 0.382 e. The van der Waals surface area contributed by atoms with Gasteiger partial charge in [-0.15, -0.1) is 0 Å². The van der Waals surface area contributed by atoms with Gasteiger partial charge >= 0.3 is 11.8 Å². The van der Waals surface area contributed by atoms with Crippen molar-refractivity contribution in [3.8, 4) is 0 Å². The monoisotopic (exact) mass is 270 g/mol. The fraction of sp³-hybridized carbons (Fsp3) is 0.857. The summed E-state index contributed by atoms with van der Waals surface area (Å²) in [5.41, 5.74) is 0. The van der Waals surface area contributed by atoms with Crippen molar-refractivity contribution < 1.29 is 14.3 Å². The Morgan fingerprint density at radius 1 is 1.21 bits per heavy atom. The molecule has 0 spiro atoms. The van der Waals surface area contributed by atoms with Gasteiger partial charge in [-0.3, -0.25) is 9.59 Å². The maximum Gasteiger partial charge on any atom is 0.309 e. The zero-order valence-electron chi connectivity index (χ0n) is 12.0. The summed E-state index contributed by atoms with van der Waals surface area (Å²) in [7, 11) is 0. The topological polar surface area (TPSA) is 67.4 Å². The molecule has 0 aromatic rings. The Bertz CT molecular complexity index is 294. The maximum atomic E-state index is 11.7. The molecule has 0 bridgehead atoms. The summed E-state index contributed by atoms with van der Waals surface area (Å²) in [5, 5.41) is 5.45. The summed E-state index contributed by atoms with van der Waals surface area (Å²) < 4.78 is 5.16. The van der Waals surface area contributed by atoms with Gasteiger partial charge in [-0.25, -0.2) is 0 Å². The molecular formula is C14H26N2O3. The number of hydrogen-bond acceptors (Lipinski definition) is 3. The van der Waals surface area contributed by atoms with E-state index in [9.17, 15) is 9.59 Å². The zero-order valence-corrected chi connectivity index (χ0v) is 12.0. The van der Waals surface area contributed by atoms with Gasteiger partial charge in [-0.1, -0.05) is 19.8 Å². The van der Waals surface area contributed by atoms with E-state index in [-0.39, 0.29) is 6.04 Å². The second kappa shape index (κ2) is 8.91. The van der Waals surface area contributed by atoms with E-state index in [0.717, 1.165) is 25.7 Å². The van der Waals surface area contributed by atoms with Crippen molar-refractivity contribution in [1.82, 2.24) is 10.6 Å². The van der Waals surface area contributed by atoms with Crippen LogP contribution in [0.3, 0.4) is 0 Å². The Kier molecular flexibility index (Phi) is 7.48. The van der Waals surface area contributed by atoms with Crippen molar-refractivity contribution in [2.45, 2.75) is 52.0 Å². The minimum absolute atomic E-state index is 0.149. The average molecular weight is 270 g/mol. The highest BCUT2D eigenvalue weighted by Crippen LogP contribution is 2.23. The summed E-state index contributed by atoms with van der Waals surface area (Å²) in [6.07, 6.45) is 5.18. The van der Waals surface area contributed by atoms with Gasteiger partial charge in [0.15, 0.2) is 0 Å². The van der Waals surface area contributed by atoms with Gasteiger partial charge in [-0.05, 0) is 32.1 Å². The van der Waals surface area contributed by atoms with Crippen molar-refractivity contribution in [2.24, 2.45) is 5.92 Å². The summed E-state index contributed by atoms with van der Waals surface area (Å²) >= 11 is 0. The molecule has 2 atom stereocenters. The first-order valence-corrected chi connectivity index (χ1v) is 7.31. The highest BCUT2D eigenvalue weighted by atomic mass is 16.5. The van der Waals surface area contributed by atoms with Crippen LogP contribution in [0.1, 0.15) is 46.0 Å². The third-order valence-electron chi connectivity index (χ3n) is 3.59. The minimum atomic E-state index is -0.533. The number of carbonyl (C=O) groups is 2. The lowest BCUT2D eigenvalue weighted by atomic mass is 9.86. The van der Waals surface area contributed by atoms with Gasteiger partial charge in [0, 0.05) is 25.8 Å².